The summed E-state index contributed by atoms with van der Waals surface area (Å²) < 4.78 is 0. The molecule has 1 unspecified atom stereocenters. The van der Waals surface area contributed by atoms with E-state index in [0.29, 0.717) is 6.54 Å². The van der Waals surface area contributed by atoms with Crippen molar-refractivity contribution >= 4 is 5.91 Å². The highest BCUT2D eigenvalue weighted by Crippen LogP contribution is 2.28. The molecule has 1 saturated carbocycles. The van der Waals surface area contributed by atoms with Gasteiger partial charge in [-0.05, 0) is 31.9 Å². The molecule has 0 radical (unpaired) electrons. The summed E-state index contributed by atoms with van der Waals surface area (Å²) in [5, 5.41) is 6.85. The van der Waals surface area contributed by atoms with Gasteiger partial charge in [-0.2, -0.15) is 5.10 Å². The van der Waals surface area contributed by atoms with Gasteiger partial charge in [0, 0.05) is 25.8 Å². The van der Waals surface area contributed by atoms with Crippen LogP contribution in [0.15, 0.2) is 12.3 Å². The first-order valence-electron chi connectivity index (χ1n) is 8.21. The Kier molecular flexibility index (Phi) is 4.58. The molecule has 0 spiro atoms. The molecule has 1 aromatic rings. The molecule has 5 nitrogen and oxygen atoms in total. The molecule has 1 saturated heterocycles. The van der Waals surface area contributed by atoms with Crippen LogP contribution in [0.5, 0.6) is 0 Å². The van der Waals surface area contributed by atoms with Gasteiger partial charge in [-0.3, -0.25) is 14.8 Å². The van der Waals surface area contributed by atoms with E-state index in [9.17, 15) is 4.79 Å². The van der Waals surface area contributed by atoms with Gasteiger partial charge in [0.05, 0.1) is 18.2 Å². The van der Waals surface area contributed by atoms with Crippen LogP contribution in [0.3, 0.4) is 0 Å². The number of carbonyl (C=O) groups excluding carboxylic acids is 1. The predicted molar refractivity (Wildman–Crippen MR) is 81.6 cm³/mol. The summed E-state index contributed by atoms with van der Waals surface area (Å²) in [5.41, 5.74) is 0.994. The second kappa shape index (κ2) is 6.60. The molecule has 2 aliphatic rings. The summed E-state index contributed by atoms with van der Waals surface area (Å²) in [4.78, 5) is 17.0. The van der Waals surface area contributed by atoms with Gasteiger partial charge in [0.25, 0.3) is 0 Å². The van der Waals surface area contributed by atoms with Gasteiger partial charge < -0.3 is 4.90 Å². The fourth-order valence-corrected chi connectivity index (χ4v) is 3.78. The minimum Gasteiger partial charge on any atom is -0.340 e. The molecule has 1 aromatic heterocycles. The Bertz CT molecular complexity index is 453. The second-order valence-electron chi connectivity index (χ2n) is 6.55. The summed E-state index contributed by atoms with van der Waals surface area (Å²) in [5.74, 6) is 0.461. The van der Waals surface area contributed by atoms with Crippen molar-refractivity contribution in [3.63, 3.8) is 0 Å². The Labute approximate surface area is 126 Å². The number of rotatable bonds is 4. The third-order valence-electron chi connectivity index (χ3n) is 5.00. The van der Waals surface area contributed by atoms with Gasteiger partial charge in [-0.25, -0.2) is 0 Å². The Balaban J connectivity index is 1.51. The molecule has 1 aliphatic heterocycles. The molecule has 1 N–H and O–H groups in total. The monoisotopic (exact) mass is 290 g/mol. The van der Waals surface area contributed by atoms with Crippen LogP contribution >= 0.6 is 0 Å². The van der Waals surface area contributed by atoms with Crippen molar-refractivity contribution in [1.82, 2.24) is 20.0 Å². The van der Waals surface area contributed by atoms with Crippen molar-refractivity contribution in [2.24, 2.45) is 5.92 Å². The zero-order valence-electron chi connectivity index (χ0n) is 12.9. The van der Waals surface area contributed by atoms with E-state index in [-0.39, 0.29) is 11.8 Å². The molecule has 1 aliphatic carbocycles. The maximum Gasteiger partial charge on any atom is 0.227 e. The summed E-state index contributed by atoms with van der Waals surface area (Å²) in [6, 6.07) is 2.65. The van der Waals surface area contributed by atoms with Crippen LogP contribution in [0.1, 0.15) is 44.2 Å². The number of amides is 1. The first-order valence-corrected chi connectivity index (χ1v) is 8.21. The quantitative estimate of drug-likeness (QED) is 0.923. The topological polar surface area (TPSA) is 52.2 Å². The molecule has 3 rings (SSSR count). The van der Waals surface area contributed by atoms with Crippen LogP contribution in [0, 0.1) is 5.92 Å². The highest BCUT2D eigenvalue weighted by molar-refractivity contribution is 5.79. The standard InChI is InChI=1S/C16H26N4O/c1-19(12-14-7-9-17-18-14)16(21)13-8-10-20(11-13)15-5-3-2-4-6-15/h7,9,13,15H,2-6,8,10-12H2,1H3,(H,17,18). The van der Waals surface area contributed by atoms with Gasteiger partial charge in [-0.1, -0.05) is 19.3 Å². The van der Waals surface area contributed by atoms with E-state index in [4.69, 9.17) is 0 Å². The zero-order chi connectivity index (χ0) is 14.7. The minimum absolute atomic E-state index is 0.180. The van der Waals surface area contributed by atoms with E-state index in [0.717, 1.165) is 31.2 Å². The van der Waals surface area contributed by atoms with Crippen LogP contribution in [-0.2, 0) is 11.3 Å². The zero-order valence-corrected chi connectivity index (χ0v) is 12.9. The molecule has 1 atom stereocenters. The first-order chi connectivity index (χ1) is 10.2. The van der Waals surface area contributed by atoms with Crippen molar-refractivity contribution in [1.29, 1.82) is 0 Å². The molecular weight excluding hydrogens is 264 g/mol. The Hall–Kier alpha value is -1.36. The van der Waals surface area contributed by atoms with Gasteiger partial charge in [0.1, 0.15) is 0 Å². The van der Waals surface area contributed by atoms with Crippen LogP contribution < -0.4 is 0 Å². The average Bonchev–Trinajstić information content (AvgIpc) is 3.18. The maximum atomic E-state index is 12.6. The summed E-state index contributed by atoms with van der Waals surface area (Å²) in [7, 11) is 1.90. The largest absolute Gasteiger partial charge is 0.340 e. The van der Waals surface area contributed by atoms with Gasteiger partial charge in [-0.15, -0.1) is 0 Å². The Morgan fingerprint density at radius 3 is 2.90 bits per heavy atom. The van der Waals surface area contributed by atoms with Crippen molar-refractivity contribution < 1.29 is 4.79 Å². The Morgan fingerprint density at radius 1 is 1.38 bits per heavy atom. The lowest BCUT2D eigenvalue weighted by atomic mass is 9.94. The van der Waals surface area contributed by atoms with Crippen LogP contribution in [-0.4, -0.2) is 52.1 Å². The smallest absolute Gasteiger partial charge is 0.227 e. The molecule has 2 heterocycles. The molecule has 5 heteroatoms. The van der Waals surface area contributed by atoms with E-state index in [2.05, 4.69) is 15.1 Å². The molecule has 0 aromatic carbocycles. The lowest BCUT2D eigenvalue weighted by Gasteiger charge is -2.31. The molecule has 21 heavy (non-hydrogen) atoms. The van der Waals surface area contributed by atoms with Crippen molar-refractivity contribution in [3.05, 3.63) is 18.0 Å². The third-order valence-corrected chi connectivity index (χ3v) is 5.00. The van der Waals surface area contributed by atoms with Gasteiger partial charge >= 0.3 is 0 Å². The van der Waals surface area contributed by atoms with E-state index >= 15 is 0 Å². The predicted octanol–water partition coefficient (Wildman–Crippen LogP) is 2.02. The number of hydrogen-bond acceptors (Lipinski definition) is 3. The molecule has 0 bridgehead atoms. The third kappa shape index (κ3) is 3.46. The lowest BCUT2D eigenvalue weighted by molar-refractivity contribution is -0.134. The fraction of sp³-hybridized carbons (Fsp3) is 0.750. The minimum atomic E-state index is 0.180. The highest BCUT2D eigenvalue weighted by Gasteiger charge is 2.33. The number of aromatic nitrogens is 2. The van der Waals surface area contributed by atoms with E-state index in [1.807, 2.05) is 18.0 Å². The second-order valence-corrected chi connectivity index (χ2v) is 6.55. The average molecular weight is 290 g/mol. The summed E-state index contributed by atoms with van der Waals surface area (Å²) >= 11 is 0. The molecule has 1 amide bonds. The van der Waals surface area contributed by atoms with E-state index in [1.165, 1.54) is 32.1 Å². The molecule has 2 fully saturated rings. The fourth-order valence-electron chi connectivity index (χ4n) is 3.78. The molecular formula is C16H26N4O. The number of aromatic amines is 1. The number of hydrogen-bond donors (Lipinski definition) is 1. The van der Waals surface area contributed by atoms with Crippen LogP contribution in [0.25, 0.3) is 0 Å². The normalized spacial score (nSPS) is 24.3. The number of nitrogens with one attached hydrogen (secondary N) is 1. The number of nitrogens with zero attached hydrogens (tertiary/aromatic N) is 3. The van der Waals surface area contributed by atoms with Crippen molar-refractivity contribution in [2.45, 2.75) is 51.1 Å². The van der Waals surface area contributed by atoms with E-state index in [1.54, 1.807) is 6.20 Å². The lowest BCUT2D eigenvalue weighted by Crippen LogP contribution is -2.38. The van der Waals surface area contributed by atoms with Gasteiger partial charge in [0.2, 0.25) is 5.91 Å². The van der Waals surface area contributed by atoms with E-state index < -0.39 is 0 Å². The molecule has 116 valence electrons. The maximum absolute atomic E-state index is 12.6. The highest BCUT2D eigenvalue weighted by atomic mass is 16.2. The SMILES string of the molecule is CN(Cc1ccn[nH]1)C(=O)C1CCN(C2CCCCC2)C1. The number of H-pyrrole nitrogens is 1. The van der Waals surface area contributed by atoms with Crippen molar-refractivity contribution in [2.75, 3.05) is 20.1 Å². The summed E-state index contributed by atoms with van der Waals surface area (Å²) in [6.07, 6.45) is 9.51. The van der Waals surface area contributed by atoms with Crippen molar-refractivity contribution in [3.8, 4) is 0 Å². The Morgan fingerprint density at radius 2 is 2.19 bits per heavy atom. The van der Waals surface area contributed by atoms with Crippen LogP contribution in [0.2, 0.25) is 0 Å². The number of carbonyl (C=O) groups is 1. The first kappa shape index (κ1) is 14.6. The van der Waals surface area contributed by atoms with Gasteiger partial charge in [0.15, 0.2) is 0 Å². The number of likely N-dealkylation sites (tertiary alicyclic amines) is 1. The summed E-state index contributed by atoms with van der Waals surface area (Å²) in [6.45, 7) is 2.68. The van der Waals surface area contributed by atoms with Crippen LogP contribution in [0.4, 0.5) is 0 Å².